The summed E-state index contributed by atoms with van der Waals surface area (Å²) in [5, 5.41) is 14.8. The third-order valence-corrected chi connectivity index (χ3v) is 5.65. The number of allylic oxidation sites excluding steroid dienone is 1. The molecule has 6 nitrogen and oxygen atoms in total. The van der Waals surface area contributed by atoms with Crippen molar-refractivity contribution in [3.63, 3.8) is 0 Å². The molecule has 0 saturated carbocycles. The largest absolute Gasteiger partial charge is 0.481 e. The normalized spacial score (nSPS) is 29.4. The summed E-state index contributed by atoms with van der Waals surface area (Å²) < 4.78 is 10.8. The van der Waals surface area contributed by atoms with E-state index >= 15 is 0 Å². The Morgan fingerprint density at radius 3 is 2.67 bits per heavy atom. The molecule has 0 fully saturated rings. The number of hydrogen-bond donors (Lipinski definition) is 2. The van der Waals surface area contributed by atoms with Crippen molar-refractivity contribution >= 4 is 6.09 Å². The maximum atomic E-state index is 12.7. The number of amides is 1. The van der Waals surface area contributed by atoms with Gasteiger partial charge in [0.25, 0.3) is 0 Å². The molecular weight excluding hydrogens is 344 g/mol. The number of aromatic nitrogens is 1. The van der Waals surface area contributed by atoms with Gasteiger partial charge in [0.2, 0.25) is 5.88 Å². The second-order valence-electron chi connectivity index (χ2n) is 8.66. The average molecular weight is 374 g/mol. The molecule has 148 valence electrons. The van der Waals surface area contributed by atoms with Crippen LogP contribution >= 0.6 is 0 Å². The van der Waals surface area contributed by atoms with E-state index < -0.39 is 22.8 Å². The molecule has 2 aliphatic carbocycles. The van der Waals surface area contributed by atoms with Crippen LogP contribution in [0.15, 0.2) is 23.8 Å². The van der Waals surface area contributed by atoms with Crippen LogP contribution in [-0.2, 0) is 16.7 Å². The van der Waals surface area contributed by atoms with E-state index in [2.05, 4.69) is 10.3 Å². The molecule has 1 aromatic heterocycles. The van der Waals surface area contributed by atoms with Crippen LogP contribution < -0.4 is 10.1 Å². The average Bonchev–Trinajstić information content (AvgIpc) is 2.55. The van der Waals surface area contributed by atoms with Gasteiger partial charge in [-0.2, -0.15) is 0 Å². The zero-order valence-corrected chi connectivity index (χ0v) is 17.0. The van der Waals surface area contributed by atoms with Gasteiger partial charge in [-0.05, 0) is 58.9 Å². The minimum atomic E-state index is -1.12. The number of carbonyl (C=O) groups is 1. The minimum Gasteiger partial charge on any atom is -0.481 e. The SMILES string of the molecule is CC[C@@]1(O)[C@@H]2CC(C)=C[C@@]1(NC(=O)OC(C)(C)C)c1ccc(OC)nc1C2. The van der Waals surface area contributed by atoms with Gasteiger partial charge < -0.3 is 19.9 Å². The number of nitrogens with zero attached hydrogens (tertiary/aromatic N) is 1. The first-order valence-electron chi connectivity index (χ1n) is 9.51. The van der Waals surface area contributed by atoms with E-state index in [1.54, 1.807) is 13.2 Å². The summed E-state index contributed by atoms with van der Waals surface area (Å²) in [5.41, 5.74) is -0.0498. The van der Waals surface area contributed by atoms with Crippen LogP contribution in [0.1, 0.15) is 58.7 Å². The van der Waals surface area contributed by atoms with E-state index in [4.69, 9.17) is 9.47 Å². The monoisotopic (exact) mass is 374 g/mol. The number of alkyl carbamates (subject to hydrolysis) is 1. The zero-order valence-electron chi connectivity index (χ0n) is 17.0. The molecular formula is C21H30N2O4. The Kier molecular flexibility index (Phi) is 4.75. The Hall–Kier alpha value is -2.08. The lowest BCUT2D eigenvalue weighted by Crippen LogP contribution is -2.68. The van der Waals surface area contributed by atoms with Gasteiger partial charge in [-0.3, -0.25) is 0 Å². The first-order chi connectivity index (χ1) is 12.5. The molecule has 0 spiro atoms. The summed E-state index contributed by atoms with van der Waals surface area (Å²) in [6.07, 6.45) is 3.33. The number of aliphatic hydroxyl groups is 1. The lowest BCUT2D eigenvalue weighted by atomic mass is 9.56. The fourth-order valence-corrected chi connectivity index (χ4v) is 4.57. The zero-order chi connectivity index (χ0) is 20.0. The standard InChI is InChI=1S/C21H30N2O4/c1-7-21(25)14-10-13(2)12-20(21,23-18(24)27-19(3,4)5)15-8-9-17(26-6)22-16(15)11-14/h8-9,12,14,25H,7,10-11H2,1-6H3,(H,23,24)/t14-,20-,21-/m1/s1. The number of carbonyl (C=O) groups excluding carboxylic acids is 1. The van der Waals surface area contributed by atoms with Crippen molar-refractivity contribution in [2.24, 2.45) is 5.92 Å². The molecule has 0 radical (unpaired) electrons. The molecule has 2 bridgehead atoms. The number of pyridine rings is 1. The van der Waals surface area contributed by atoms with Crippen LogP contribution in [0.5, 0.6) is 5.88 Å². The van der Waals surface area contributed by atoms with Gasteiger partial charge >= 0.3 is 6.09 Å². The van der Waals surface area contributed by atoms with Crippen molar-refractivity contribution in [3.8, 4) is 5.88 Å². The molecule has 27 heavy (non-hydrogen) atoms. The highest BCUT2D eigenvalue weighted by molar-refractivity contribution is 5.71. The maximum Gasteiger partial charge on any atom is 0.408 e. The summed E-state index contributed by atoms with van der Waals surface area (Å²) in [4.78, 5) is 17.4. The Morgan fingerprint density at radius 1 is 1.37 bits per heavy atom. The van der Waals surface area contributed by atoms with Crippen molar-refractivity contribution < 1.29 is 19.4 Å². The summed E-state index contributed by atoms with van der Waals surface area (Å²) >= 11 is 0. The maximum absolute atomic E-state index is 12.7. The second kappa shape index (κ2) is 6.51. The Bertz CT molecular complexity index is 783. The van der Waals surface area contributed by atoms with Crippen LogP contribution in [0.3, 0.4) is 0 Å². The molecule has 1 aromatic rings. The summed E-state index contributed by atoms with van der Waals surface area (Å²) in [7, 11) is 1.58. The predicted molar refractivity (Wildman–Crippen MR) is 103 cm³/mol. The quantitative estimate of drug-likeness (QED) is 0.792. The predicted octanol–water partition coefficient (Wildman–Crippen LogP) is 3.47. The van der Waals surface area contributed by atoms with Gasteiger partial charge in [0.1, 0.15) is 11.1 Å². The van der Waals surface area contributed by atoms with Crippen molar-refractivity contribution in [1.29, 1.82) is 0 Å². The summed E-state index contributed by atoms with van der Waals surface area (Å²) in [5.74, 6) is 0.483. The van der Waals surface area contributed by atoms with Crippen molar-refractivity contribution in [1.82, 2.24) is 10.3 Å². The molecule has 1 heterocycles. The van der Waals surface area contributed by atoms with Crippen molar-refractivity contribution in [2.75, 3.05) is 7.11 Å². The molecule has 2 N–H and O–H groups in total. The van der Waals surface area contributed by atoms with E-state index in [1.807, 2.05) is 46.8 Å². The molecule has 2 aliphatic rings. The van der Waals surface area contributed by atoms with E-state index in [0.29, 0.717) is 18.7 Å². The smallest absolute Gasteiger partial charge is 0.408 e. The number of methoxy groups -OCH3 is 1. The van der Waals surface area contributed by atoms with Gasteiger partial charge in [0.05, 0.1) is 18.4 Å². The lowest BCUT2D eigenvalue weighted by molar-refractivity contribution is -0.102. The Morgan fingerprint density at radius 2 is 2.07 bits per heavy atom. The highest BCUT2D eigenvalue weighted by Gasteiger charge is 2.60. The lowest BCUT2D eigenvalue weighted by Gasteiger charge is -2.56. The Labute approximate surface area is 161 Å². The summed E-state index contributed by atoms with van der Waals surface area (Å²) in [6, 6.07) is 3.66. The highest BCUT2D eigenvalue weighted by atomic mass is 16.6. The second-order valence-corrected chi connectivity index (χ2v) is 8.66. The fourth-order valence-electron chi connectivity index (χ4n) is 4.57. The van der Waals surface area contributed by atoms with Gasteiger partial charge in [-0.15, -0.1) is 0 Å². The van der Waals surface area contributed by atoms with Gasteiger partial charge in [0.15, 0.2) is 0 Å². The molecule has 0 aromatic carbocycles. The Balaban J connectivity index is 2.17. The van der Waals surface area contributed by atoms with Crippen LogP contribution in [0.2, 0.25) is 0 Å². The fraction of sp³-hybridized carbons (Fsp3) is 0.619. The van der Waals surface area contributed by atoms with Gasteiger partial charge in [0, 0.05) is 11.6 Å². The molecule has 0 aliphatic heterocycles. The van der Waals surface area contributed by atoms with E-state index in [-0.39, 0.29) is 5.92 Å². The minimum absolute atomic E-state index is 0.0467. The van der Waals surface area contributed by atoms with Crippen molar-refractivity contribution in [2.45, 2.75) is 70.6 Å². The molecule has 1 amide bonds. The van der Waals surface area contributed by atoms with Crippen LogP contribution in [0.25, 0.3) is 0 Å². The number of hydrogen-bond acceptors (Lipinski definition) is 5. The molecule has 6 heteroatoms. The molecule has 3 rings (SSSR count). The first kappa shape index (κ1) is 19.7. The topological polar surface area (TPSA) is 80.7 Å². The van der Waals surface area contributed by atoms with Crippen LogP contribution in [0.4, 0.5) is 4.79 Å². The molecule has 0 saturated heterocycles. The van der Waals surface area contributed by atoms with Crippen molar-refractivity contribution in [3.05, 3.63) is 35.0 Å². The van der Waals surface area contributed by atoms with Gasteiger partial charge in [-0.25, -0.2) is 9.78 Å². The highest BCUT2D eigenvalue weighted by Crippen LogP contribution is 2.53. The van der Waals surface area contributed by atoms with E-state index in [0.717, 1.165) is 23.3 Å². The number of nitrogens with one attached hydrogen (secondary N) is 1. The van der Waals surface area contributed by atoms with Crippen LogP contribution in [0, 0.1) is 5.92 Å². The third kappa shape index (κ3) is 3.20. The number of rotatable bonds is 3. The molecule has 0 unspecified atom stereocenters. The summed E-state index contributed by atoms with van der Waals surface area (Å²) in [6.45, 7) is 9.46. The van der Waals surface area contributed by atoms with E-state index in [1.165, 1.54) is 0 Å². The number of ether oxygens (including phenoxy) is 2. The van der Waals surface area contributed by atoms with E-state index in [9.17, 15) is 9.90 Å². The van der Waals surface area contributed by atoms with Gasteiger partial charge in [-0.1, -0.05) is 18.6 Å². The molecule has 3 atom stereocenters. The number of fused-ring (bicyclic) bond motifs is 4. The first-order valence-corrected chi connectivity index (χ1v) is 9.51. The third-order valence-electron chi connectivity index (χ3n) is 5.65. The van der Waals surface area contributed by atoms with Crippen LogP contribution in [-0.4, -0.2) is 34.5 Å².